The van der Waals surface area contributed by atoms with Crippen LogP contribution in [0.2, 0.25) is 0 Å². The average molecular weight is 546 g/mol. The maximum absolute atomic E-state index is 15.1. The Morgan fingerprint density at radius 2 is 1.77 bits per heavy atom. The van der Waals surface area contributed by atoms with Gasteiger partial charge in [0.15, 0.2) is 11.6 Å². The van der Waals surface area contributed by atoms with Crippen LogP contribution in [0.3, 0.4) is 0 Å². The Balaban J connectivity index is 1.31. The standard InChI is InChI=1S/C26H29F2N5O6/c1-2-38-23(35)4-3-19-16-33(26(37)39-19)18-13-20(27)24(21(28)14-18)32-11-9-31(10-12-32)22(34)15-30-25(36)17-5-7-29-8-6-17/h5-8,13-14,19H,2-4,9-12,15-16H2,1H3,(H,30,36)/t19-/m0/s1. The van der Waals surface area contributed by atoms with Crippen molar-refractivity contribution in [3.63, 3.8) is 0 Å². The molecule has 2 aliphatic rings. The number of carbonyl (C=O) groups is 4. The van der Waals surface area contributed by atoms with Crippen molar-refractivity contribution in [2.24, 2.45) is 0 Å². The van der Waals surface area contributed by atoms with E-state index in [9.17, 15) is 19.2 Å². The van der Waals surface area contributed by atoms with Gasteiger partial charge in [0, 0.05) is 62.7 Å². The molecule has 0 aliphatic carbocycles. The Hall–Kier alpha value is -4.29. The van der Waals surface area contributed by atoms with Gasteiger partial charge in [-0.2, -0.15) is 0 Å². The second kappa shape index (κ2) is 12.5. The monoisotopic (exact) mass is 545 g/mol. The minimum Gasteiger partial charge on any atom is -0.466 e. The van der Waals surface area contributed by atoms with E-state index < -0.39 is 35.7 Å². The molecule has 0 bridgehead atoms. The van der Waals surface area contributed by atoms with Crippen LogP contribution in [0.25, 0.3) is 0 Å². The molecule has 0 unspecified atom stereocenters. The summed E-state index contributed by atoms with van der Waals surface area (Å²) in [4.78, 5) is 56.5. The number of rotatable bonds is 9. The highest BCUT2D eigenvalue weighted by Gasteiger charge is 2.34. The van der Waals surface area contributed by atoms with Gasteiger partial charge in [0.2, 0.25) is 5.91 Å². The number of carbonyl (C=O) groups excluding carboxylic acids is 4. The van der Waals surface area contributed by atoms with Gasteiger partial charge in [-0.15, -0.1) is 0 Å². The molecule has 208 valence electrons. The number of nitrogens with one attached hydrogen (secondary N) is 1. The number of amides is 3. The predicted octanol–water partition coefficient (Wildman–Crippen LogP) is 2.11. The normalized spacial score (nSPS) is 17.2. The van der Waals surface area contributed by atoms with E-state index >= 15 is 8.78 Å². The summed E-state index contributed by atoms with van der Waals surface area (Å²) in [6.45, 7) is 2.57. The highest BCUT2D eigenvalue weighted by Crippen LogP contribution is 2.32. The summed E-state index contributed by atoms with van der Waals surface area (Å²) in [6, 6.07) is 5.20. The Bertz CT molecular complexity index is 1200. The fourth-order valence-electron chi connectivity index (χ4n) is 4.46. The van der Waals surface area contributed by atoms with Gasteiger partial charge in [-0.1, -0.05) is 0 Å². The molecule has 1 aromatic carbocycles. The Morgan fingerprint density at radius 3 is 2.41 bits per heavy atom. The number of esters is 1. The van der Waals surface area contributed by atoms with Crippen molar-refractivity contribution in [1.82, 2.24) is 15.2 Å². The largest absolute Gasteiger partial charge is 0.466 e. The van der Waals surface area contributed by atoms with Crippen molar-refractivity contribution < 1.29 is 37.4 Å². The van der Waals surface area contributed by atoms with Gasteiger partial charge in [-0.3, -0.25) is 24.3 Å². The van der Waals surface area contributed by atoms with Crippen LogP contribution >= 0.6 is 0 Å². The third-order valence-electron chi connectivity index (χ3n) is 6.45. The van der Waals surface area contributed by atoms with Crippen LogP contribution in [0.5, 0.6) is 0 Å². The summed E-state index contributed by atoms with van der Waals surface area (Å²) in [5.41, 5.74) is 0.144. The highest BCUT2D eigenvalue weighted by atomic mass is 19.1. The van der Waals surface area contributed by atoms with Crippen molar-refractivity contribution >= 4 is 35.3 Å². The smallest absolute Gasteiger partial charge is 0.414 e. The van der Waals surface area contributed by atoms with E-state index in [-0.39, 0.29) is 76.0 Å². The molecule has 0 spiro atoms. The number of nitrogens with zero attached hydrogens (tertiary/aromatic N) is 4. The Kier molecular flexibility index (Phi) is 8.89. The molecule has 11 nitrogen and oxygen atoms in total. The van der Waals surface area contributed by atoms with E-state index in [4.69, 9.17) is 9.47 Å². The molecular formula is C26H29F2N5O6. The van der Waals surface area contributed by atoms with E-state index in [1.54, 1.807) is 6.92 Å². The first-order valence-corrected chi connectivity index (χ1v) is 12.6. The van der Waals surface area contributed by atoms with E-state index in [1.165, 1.54) is 34.3 Å². The zero-order chi connectivity index (χ0) is 27.9. The van der Waals surface area contributed by atoms with Crippen LogP contribution in [0.1, 0.15) is 30.1 Å². The molecule has 1 atom stereocenters. The number of cyclic esters (lactones) is 1. The zero-order valence-corrected chi connectivity index (χ0v) is 21.4. The molecular weight excluding hydrogens is 516 g/mol. The molecule has 13 heteroatoms. The molecule has 2 saturated heterocycles. The molecule has 2 aliphatic heterocycles. The van der Waals surface area contributed by atoms with Gasteiger partial charge in [0.1, 0.15) is 11.8 Å². The minimum absolute atomic E-state index is 0.0103. The molecule has 3 heterocycles. The topological polar surface area (TPSA) is 121 Å². The van der Waals surface area contributed by atoms with Crippen LogP contribution in [-0.4, -0.2) is 85.7 Å². The maximum atomic E-state index is 15.1. The molecule has 0 saturated carbocycles. The summed E-state index contributed by atoms with van der Waals surface area (Å²) >= 11 is 0. The summed E-state index contributed by atoms with van der Waals surface area (Å²) in [7, 11) is 0. The minimum atomic E-state index is -0.850. The number of hydrogen-bond acceptors (Lipinski definition) is 8. The number of hydrogen-bond donors (Lipinski definition) is 1. The SMILES string of the molecule is CCOC(=O)CC[C@H]1CN(c2cc(F)c(N3CCN(C(=O)CNC(=O)c4ccncc4)CC3)c(F)c2)C(=O)O1. The van der Waals surface area contributed by atoms with Crippen LogP contribution in [0.15, 0.2) is 36.7 Å². The number of pyridine rings is 1. The molecule has 0 radical (unpaired) electrons. The van der Waals surface area contributed by atoms with E-state index in [0.29, 0.717) is 5.56 Å². The van der Waals surface area contributed by atoms with Gasteiger partial charge in [0.25, 0.3) is 5.91 Å². The first-order valence-electron chi connectivity index (χ1n) is 12.6. The lowest BCUT2D eigenvalue weighted by Crippen LogP contribution is -2.51. The Labute approximate surface area is 223 Å². The van der Waals surface area contributed by atoms with Crippen molar-refractivity contribution in [3.05, 3.63) is 53.9 Å². The molecule has 1 aromatic heterocycles. The summed E-state index contributed by atoms with van der Waals surface area (Å²) in [6.07, 6.45) is 1.89. The van der Waals surface area contributed by atoms with Gasteiger partial charge in [-0.25, -0.2) is 13.6 Å². The summed E-state index contributed by atoms with van der Waals surface area (Å²) in [5, 5.41) is 2.56. The molecule has 2 fully saturated rings. The van der Waals surface area contributed by atoms with Gasteiger partial charge in [0.05, 0.1) is 25.4 Å². The lowest BCUT2D eigenvalue weighted by molar-refractivity contribution is -0.143. The lowest BCUT2D eigenvalue weighted by atomic mass is 10.1. The fraction of sp³-hybridized carbons (Fsp3) is 0.423. The average Bonchev–Trinajstić information content (AvgIpc) is 3.31. The summed E-state index contributed by atoms with van der Waals surface area (Å²) in [5.74, 6) is -2.82. The number of anilines is 2. The highest BCUT2D eigenvalue weighted by molar-refractivity contribution is 5.96. The number of benzene rings is 1. The van der Waals surface area contributed by atoms with Crippen LogP contribution < -0.4 is 15.1 Å². The fourth-order valence-corrected chi connectivity index (χ4v) is 4.46. The zero-order valence-electron chi connectivity index (χ0n) is 21.4. The molecule has 39 heavy (non-hydrogen) atoms. The third kappa shape index (κ3) is 6.78. The predicted molar refractivity (Wildman–Crippen MR) is 135 cm³/mol. The summed E-state index contributed by atoms with van der Waals surface area (Å²) < 4.78 is 40.3. The first-order chi connectivity index (χ1) is 18.8. The van der Waals surface area contributed by atoms with E-state index in [2.05, 4.69) is 10.3 Å². The van der Waals surface area contributed by atoms with E-state index in [0.717, 1.165) is 17.0 Å². The van der Waals surface area contributed by atoms with Gasteiger partial charge >= 0.3 is 12.1 Å². The molecule has 3 amide bonds. The maximum Gasteiger partial charge on any atom is 0.414 e. The third-order valence-corrected chi connectivity index (χ3v) is 6.45. The second-order valence-corrected chi connectivity index (χ2v) is 9.00. The lowest BCUT2D eigenvalue weighted by Gasteiger charge is -2.36. The molecule has 4 rings (SSSR count). The second-order valence-electron chi connectivity index (χ2n) is 9.00. The molecule has 1 N–H and O–H groups in total. The number of piperazine rings is 1. The number of aromatic nitrogens is 1. The van der Waals surface area contributed by atoms with Gasteiger partial charge in [-0.05, 0) is 25.5 Å². The Morgan fingerprint density at radius 1 is 1.10 bits per heavy atom. The van der Waals surface area contributed by atoms with Gasteiger partial charge < -0.3 is 24.6 Å². The molecule has 2 aromatic rings. The quantitative estimate of drug-likeness (QED) is 0.476. The van der Waals surface area contributed by atoms with Crippen molar-refractivity contribution in [2.45, 2.75) is 25.9 Å². The first kappa shape index (κ1) is 27.7. The number of ether oxygens (including phenoxy) is 2. The van der Waals surface area contributed by atoms with Crippen LogP contribution in [0, 0.1) is 11.6 Å². The van der Waals surface area contributed by atoms with Crippen LogP contribution in [0.4, 0.5) is 25.0 Å². The number of halogens is 2. The van der Waals surface area contributed by atoms with Crippen molar-refractivity contribution in [2.75, 3.05) is 55.7 Å². The van der Waals surface area contributed by atoms with Crippen LogP contribution in [-0.2, 0) is 19.1 Å². The van der Waals surface area contributed by atoms with Crippen molar-refractivity contribution in [1.29, 1.82) is 0 Å². The van der Waals surface area contributed by atoms with Crippen molar-refractivity contribution in [3.8, 4) is 0 Å². The van der Waals surface area contributed by atoms with E-state index in [1.807, 2.05) is 0 Å².